The zero-order valence-electron chi connectivity index (χ0n) is 42.9. The van der Waals surface area contributed by atoms with Crippen molar-refractivity contribution in [2.45, 2.75) is 155 Å². The fraction of sp³-hybridized carbons (Fsp3) is 0.542. The Bertz CT molecular complexity index is 2500. The van der Waals surface area contributed by atoms with Crippen LogP contribution in [0.4, 0.5) is 18.4 Å². The minimum Gasteiger partial charge on any atom is -0.461 e. The lowest BCUT2D eigenvalue weighted by Crippen LogP contribution is -2.51. The van der Waals surface area contributed by atoms with Gasteiger partial charge in [0.25, 0.3) is 0 Å². The van der Waals surface area contributed by atoms with E-state index >= 15 is 8.78 Å². The third-order valence-corrected chi connectivity index (χ3v) is 10.9. The zero-order valence-corrected chi connectivity index (χ0v) is 38.9. The molecule has 0 bridgehead atoms. The lowest BCUT2D eigenvalue weighted by atomic mass is 9.94. The smallest absolute Gasteiger partial charge is 0.408 e. The third kappa shape index (κ3) is 11.8. The van der Waals surface area contributed by atoms with Gasteiger partial charge in [-0.1, -0.05) is 13.8 Å². The Hall–Kier alpha value is -6.20. The van der Waals surface area contributed by atoms with Crippen LogP contribution in [0, 0.1) is 11.6 Å². The van der Waals surface area contributed by atoms with Crippen LogP contribution in [0.5, 0.6) is 0 Å². The lowest BCUT2D eigenvalue weighted by Gasteiger charge is -2.30. The molecule has 66 heavy (non-hydrogen) atoms. The first kappa shape index (κ1) is 43.7. The average molecular weight is 925 g/mol. The second kappa shape index (κ2) is 19.7. The van der Waals surface area contributed by atoms with Gasteiger partial charge in [0.05, 0.1) is 24.5 Å². The van der Waals surface area contributed by atoms with Crippen LogP contribution in [0.15, 0.2) is 36.4 Å². The molecule has 6 atom stereocenters. The van der Waals surface area contributed by atoms with E-state index in [-0.39, 0.29) is 83.1 Å². The molecule has 2 fully saturated rings. The summed E-state index contributed by atoms with van der Waals surface area (Å²) < 4.78 is 92.6. The molecule has 358 valence electrons. The van der Waals surface area contributed by atoms with Crippen molar-refractivity contribution in [2.24, 2.45) is 0 Å². The van der Waals surface area contributed by atoms with E-state index in [2.05, 4.69) is 20.6 Å². The second-order valence-electron chi connectivity index (χ2n) is 18.6. The highest BCUT2D eigenvalue weighted by atomic mass is 19.1. The molecule has 2 aliphatic rings. The summed E-state index contributed by atoms with van der Waals surface area (Å²) in [4.78, 5) is 88.2. The summed E-state index contributed by atoms with van der Waals surface area (Å²) in [7, 11) is 0. The van der Waals surface area contributed by atoms with Crippen molar-refractivity contribution in [3.8, 4) is 11.4 Å². The molecule has 6 rings (SSSR count). The number of H-pyrrole nitrogens is 2. The summed E-state index contributed by atoms with van der Waals surface area (Å²) in [6, 6.07) is 1.73. The lowest BCUT2D eigenvalue weighted by molar-refractivity contribution is -0.147. The van der Waals surface area contributed by atoms with Gasteiger partial charge in [-0.3, -0.25) is 19.2 Å². The molecule has 0 aliphatic carbocycles. The van der Waals surface area contributed by atoms with Gasteiger partial charge in [0, 0.05) is 66.1 Å². The number of aromatic nitrogens is 2. The molecule has 4 heterocycles. The number of amides is 4. The number of nitrogens with zero attached hydrogens (tertiary/aromatic N) is 2. The van der Waals surface area contributed by atoms with Gasteiger partial charge in [-0.15, -0.1) is 0 Å². The molecule has 2 aliphatic heterocycles. The van der Waals surface area contributed by atoms with Gasteiger partial charge < -0.3 is 49.3 Å². The van der Waals surface area contributed by atoms with Crippen molar-refractivity contribution < 1.29 is 62.0 Å². The monoisotopic (exact) mass is 924 g/mol. The van der Waals surface area contributed by atoms with E-state index < -0.39 is 108 Å². The van der Waals surface area contributed by atoms with Gasteiger partial charge in [-0.05, 0) is 115 Å². The molecular formula is C48H62F2N6O10. The molecule has 2 aromatic heterocycles. The van der Waals surface area contributed by atoms with E-state index in [9.17, 15) is 34.3 Å². The molecule has 16 nitrogen and oxygen atoms in total. The SMILES string of the molecule is [2H]C([2H])(c1c(-c2[nH]c3cc(F)ccc3c2C([2H])([2H])[C@@H]2C[C@H](OC(C)=O)CN2C(=O)[C@H](CC)NC(=O)OC(C)(C)C)[nH]c2cc(F)ccc12)[C@@H]1C[C@H](OC(C)=O)CN1C(=O)[C@H](CC)NC(=O)OC(C)(C)C. The molecule has 4 aromatic rings. The fourth-order valence-electron chi connectivity index (χ4n) is 8.32. The Labute approximate surface area is 388 Å². The van der Waals surface area contributed by atoms with Crippen LogP contribution in [0.2, 0.25) is 0 Å². The molecule has 4 amide bonds. The predicted octanol–water partition coefficient (Wildman–Crippen LogP) is 7.35. The maximum atomic E-state index is 15.2. The number of fused-ring (bicyclic) bond motifs is 2. The van der Waals surface area contributed by atoms with Gasteiger partial charge in [-0.25, -0.2) is 18.4 Å². The van der Waals surface area contributed by atoms with E-state index in [4.69, 9.17) is 18.9 Å². The number of ether oxygens (including phenoxy) is 4. The number of carbonyl (C=O) groups excluding carboxylic acids is 6. The van der Waals surface area contributed by atoms with Crippen LogP contribution in [-0.4, -0.2) is 116 Å². The van der Waals surface area contributed by atoms with Crippen molar-refractivity contribution in [3.63, 3.8) is 0 Å². The topological polar surface area (TPSA) is 201 Å². The number of carbonyl (C=O) groups is 6. The number of benzene rings is 2. The van der Waals surface area contributed by atoms with Gasteiger partial charge >= 0.3 is 24.1 Å². The van der Waals surface area contributed by atoms with Crippen molar-refractivity contribution >= 4 is 57.7 Å². The number of rotatable bonds is 13. The first-order valence-corrected chi connectivity index (χ1v) is 22.0. The van der Waals surface area contributed by atoms with Crippen LogP contribution in [-0.2, 0) is 50.9 Å². The van der Waals surface area contributed by atoms with E-state index in [1.165, 1.54) is 35.8 Å². The minimum atomic E-state index is -2.68. The highest BCUT2D eigenvalue weighted by molar-refractivity contribution is 5.96. The number of hydrogen-bond acceptors (Lipinski definition) is 10. The Kier molecular flexibility index (Phi) is 13.1. The van der Waals surface area contributed by atoms with Gasteiger partial charge in [0.1, 0.15) is 47.1 Å². The van der Waals surface area contributed by atoms with Crippen LogP contribution >= 0.6 is 0 Å². The molecule has 4 N–H and O–H groups in total. The van der Waals surface area contributed by atoms with Gasteiger partial charge in [0.15, 0.2) is 0 Å². The summed E-state index contributed by atoms with van der Waals surface area (Å²) in [5, 5.41) is 5.37. The number of esters is 2. The number of hydrogen-bond donors (Lipinski definition) is 4. The Morgan fingerprint density at radius 3 is 1.36 bits per heavy atom. The van der Waals surface area contributed by atoms with Crippen LogP contribution < -0.4 is 10.6 Å². The van der Waals surface area contributed by atoms with Crippen molar-refractivity contribution in [2.75, 3.05) is 13.1 Å². The van der Waals surface area contributed by atoms with Gasteiger partial charge in [0.2, 0.25) is 11.8 Å². The van der Waals surface area contributed by atoms with E-state index in [0.717, 1.165) is 24.3 Å². The summed E-state index contributed by atoms with van der Waals surface area (Å²) in [5.74, 6) is -4.26. The molecule has 0 unspecified atom stereocenters. The first-order valence-electron chi connectivity index (χ1n) is 24.0. The van der Waals surface area contributed by atoms with Gasteiger partial charge in [-0.2, -0.15) is 0 Å². The summed E-state index contributed by atoms with van der Waals surface area (Å²) in [6.07, 6.45) is -9.55. The maximum Gasteiger partial charge on any atom is 0.408 e. The number of nitrogens with one attached hydrogen (secondary N) is 4. The first-order chi connectivity index (χ1) is 32.4. The fourth-order valence-corrected chi connectivity index (χ4v) is 8.32. The van der Waals surface area contributed by atoms with Crippen LogP contribution in [0.3, 0.4) is 0 Å². The Balaban J connectivity index is 1.54. The van der Waals surface area contributed by atoms with E-state index in [1.54, 1.807) is 55.4 Å². The quantitative estimate of drug-likeness (QED) is 0.0776. The maximum absolute atomic E-state index is 15.2. The summed E-state index contributed by atoms with van der Waals surface area (Å²) >= 11 is 0. The molecule has 0 saturated carbocycles. The Morgan fingerprint density at radius 1 is 0.682 bits per heavy atom. The number of alkyl carbamates (subject to hydrolysis) is 2. The molecule has 0 radical (unpaired) electrons. The standard InChI is InChI=1S/C48H62F2N6O10/c1-11-37(53-45(61)65-47(5,6)7)43(59)55-23-31(63-25(3)57)19-29(55)21-35-33-15-13-27(49)17-39(33)51-41(35)42-36(34-16-14-28(50)18-40(34)52-42)22-30-20-32(64-26(4)58)24-56(30)44(60)38(12-2)54-46(62)66-48(8,9)10/h13-18,29-32,37-38,51-52H,11-12,19-24H2,1-10H3,(H,53,61)(H,54,62)/t29-,30-,31-,32-,37-,38-/m0/s1/i21D2,22D2. The normalized spacial score (nSPS) is 21.0. The number of likely N-dealkylation sites (tertiary alicyclic amines) is 2. The predicted molar refractivity (Wildman–Crippen MR) is 241 cm³/mol. The largest absolute Gasteiger partial charge is 0.461 e. The average Bonchev–Trinajstić information content (AvgIpc) is 4.02. The van der Waals surface area contributed by atoms with Crippen molar-refractivity contribution in [1.29, 1.82) is 0 Å². The Morgan fingerprint density at radius 2 is 1.05 bits per heavy atom. The second-order valence-corrected chi connectivity index (χ2v) is 18.6. The highest BCUT2D eigenvalue weighted by Gasteiger charge is 2.43. The van der Waals surface area contributed by atoms with E-state index in [1.807, 2.05) is 0 Å². The van der Waals surface area contributed by atoms with Crippen LogP contribution in [0.1, 0.15) is 112 Å². The van der Waals surface area contributed by atoms with E-state index in [0.29, 0.717) is 0 Å². The van der Waals surface area contributed by atoms with Crippen molar-refractivity contribution in [1.82, 2.24) is 30.4 Å². The number of halogens is 2. The molecule has 2 aromatic carbocycles. The molecule has 0 spiro atoms. The van der Waals surface area contributed by atoms with Crippen molar-refractivity contribution in [3.05, 3.63) is 59.2 Å². The molecule has 18 heteroatoms. The minimum absolute atomic E-state index is 0.0548. The summed E-state index contributed by atoms with van der Waals surface area (Å²) in [6.45, 7) is 14.9. The third-order valence-electron chi connectivity index (χ3n) is 10.9. The zero-order chi connectivity index (χ0) is 52.0. The molecule has 2 saturated heterocycles. The van der Waals surface area contributed by atoms with Crippen LogP contribution in [0.25, 0.3) is 33.2 Å². The molecular weight excluding hydrogens is 859 g/mol. The highest BCUT2D eigenvalue weighted by Crippen LogP contribution is 2.40. The number of aromatic amines is 2. The summed E-state index contributed by atoms with van der Waals surface area (Å²) in [5.41, 5.74) is -2.35.